The molecule has 0 bridgehead atoms. The zero-order chi connectivity index (χ0) is 29.9. The molecule has 3 rings (SSSR count). The molecule has 2 aliphatic rings. The number of benzene rings is 1. The molecule has 2 fully saturated rings. The molecule has 2 heterocycles. The number of piperidine rings is 1. The van der Waals surface area contributed by atoms with Crippen LogP contribution >= 0.6 is 0 Å². The van der Waals surface area contributed by atoms with E-state index in [2.05, 4.69) is 5.32 Å². The number of urea groups is 1. The van der Waals surface area contributed by atoms with Crippen LogP contribution in [0.25, 0.3) is 0 Å². The van der Waals surface area contributed by atoms with Gasteiger partial charge in [-0.1, -0.05) is 37.3 Å². The maximum atomic E-state index is 12.8. The molecule has 0 radical (unpaired) electrons. The Morgan fingerprint density at radius 1 is 1.25 bits per heavy atom. The summed E-state index contributed by atoms with van der Waals surface area (Å²) >= 11 is 0. The first kappa shape index (κ1) is 33.5. The van der Waals surface area contributed by atoms with Crippen molar-refractivity contribution in [1.82, 2.24) is 20.0 Å². The predicted octanol–water partition coefficient (Wildman–Crippen LogP) is 3.06. The maximum Gasteiger partial charge on any atom is 0.475 e. The fourth-order valence-electron chi connectivity index (χ4n) is 4.93. The highest BCUT2D eigenvalue weighted by Crippen LogP contribution is 2.32. The van der Waals surface area contributed by atoms with E-state index in [1.807, 2.05) is 62.1 Å². The van der Waals surface area contributed by atoms with Crippen LogP contribution in [0.3, 0.4) is 0 Å². The van der Waals surface area contributed by atoms with Crippen LogP contribution in [0, 0.1) is 11.3 Å². The zero-order valence-electron chi connectivity index (χ0n) is 24.2. The van der Waals surface area contributed by atoms with E-state index in [4.69, 9.17) is 5.26 Å². The monoisotopic (exact) mass is 563 g/mol. The number of amides is 3. The van der Waals surface area contributed by atoms with Crippen molar-refractivity contribution in [2.45, 2.75) is 89.2 Å². The summed E-state index contributed by atoms with van der Waals surface area (Å²) in [5.74, 6) is -3.51. The number of alkyl halides is 2. The second kappa shape index (κ2) is 15.3. The van der Waals surface area contributed by atoms with Gasteiger partial charge in [0.1, 0.15) is 6.42 Å². The van der Waals surface area contributed by atoms with Gasteiger partial charge >= 0.3 is 13.1 Å². The number of nitrogens with one attached hydrogen (secondary N) is 1. The van der Waals surface area contributed by atoms with E-state index < -0.39 is 25.0 Å². The molecule has 2 unspecified atom stereocenters. The molecule has 0 spiro atoms. The summed E-state index contributed by atoms with van der Waals surface area (Å²) in [6, 6.07) is 10.6. The van der Waals surface area contributed by atoms with Crippen LogP contribution in [0.4, 0.5) is 13.6 Å². The fourth-order valence-corrected chi connectivity index (χ4v) is 4.93. The van der Waals surface area contributed by atoms with Crippen LogP contribution in [-0.2, 0) is 11.2 Å². The zero-order valence-corrected chi connectivity index (χ0v) is 24.2. The number of likely N-dealkylation sites (N-methyl/N-ethyl adjacent to an activating group) is 1. The van der Waals surface area contributed by atoms with Gasteiger partial charge in [0, 0.05) is 44.7 Å². The van der Waals surface area contributed by atoms with Crippen LogP contribution in [0.2, 0.25) is 0 Å². The van der Waals surface area contributed by atoms with Gasteiger partial charge in [-0.05, 0) is 51.5 Å². The standard InChI is InChI=1S/C19H27BN4O4.C9H17F2N/c1-23(14-16-9-5-6-12-24(16)18(25)10-11-21)19(26)22-17(20(27)28)13-15-7-3-2-4-8-15;1-4-8(2,3)12-6-5-9(10,11)7-12/h2-4,7-8,16-17,27-28H,5-6,9-10,12-14H2,1H3,(H,22,26);4-7H2,1-3H3. The molecule has 0 aliphatic carbocycles. The van der Waals surface area contributed by atoms with Gasteiger partial charge in [-0.3, -0.25) is 9.69 Å². The van der Waals surface area contributed by atoms with Gasteiger partial charge in [0.25, 0.3) is 5.92 Å². The molecule has 2 saturated heterocycles. The van der Waals surface area contributed by atoms with Gasteiger partial charge in [-0.15, -0.1) is 0 Å². The highest BCUT2D eigenvalue weighted by molar-refractivity contribution is 6.43. The van der Waals surface area contributed by atoms with Crippen LogP contribution < -0.4 is 5.32 Å². The Bertz CT molecular complexity index is 993. The number of hydrogen-bond acceptors (Lipinski definition) is 6. The van der Waals surface area contributed by atoms with Crippen LogP contribution in [-0.4, -0.2) is 100 Å². The Balaban J connectivity index is 0.000000389. The molecular weight excluding hydrogens is 519 g/mol. The normalized spacial score (nSPS) is 19.6. The van der Waals surface area contributed by atoms with Crippen LogP contribution in [0.5, 0.6) is 0 Å². The molecule has 0 aromatic heterocycles. The van der Waals surface area contributed by atoms with Crippen molar-refractivity contribution in [2.75, 3.05) is 33.2 Å². The summed E-state index contributed by atoms with van der Waals surface area (Å²) in [7, 11) is -0.0822. The first-order valence-electron chi connectivity index (χ1n) is 14.0. The highest BCUT2D eigenvalue weighted by atomic mass is 19.3. The second-order valence-corrected chi connectivity index (χ2v) is 11.3. The summed E-state index contributed by atoms with van der Waals surface area (Å²) in [6.07, 6.45) is 3.68. The summed E-state index contributed by atoms with van der Waals surface area (Å²) in [5, 5.41) is 30.7. The summed E-state index contributed by atoms with van der Waals surface area (Å²) in [4.78, 5) is 29.7. The topological polar surface area (TPSA) is 120 Å². The van der Waals surface area contributed by atoms with Crippen molar-refractivity contribution in [1.29, 1.82) is 5.26 Å². The average Bonchev–Trinajstić information content (AvgIpc) is 3.30. The molecule has 3 N–H and O–H groups in total. The number of likely N-dealkylation sites (tertiary alicyclic amines) is 2. The summed E-state index contributed by atoms with van der Waals surface area (Å²) in [6.45, 7) is 7.47. The number of carbonyl (C=O) groups excluding carboxylic acids is 2. The van der Waals surface area contributed by atoms with Gasteiger partial charge < -0.3 is 25.2 Å². The minimum absolute atomic E-state index is 0.0242. The Morgan fingerprint density at radius 3 is 2.48 bits per heavy atom. The van der Waals surface area contributed by atoms with Gasteiger partial charge in [-0.25, -0.2) is 13.6 Å². The van der Waals surface area contributed by atoms with Crippen molar-refractivity contribution in [2.24, 2.45) is 0 Å². The number of carbonyl (C=O) groups is 2. The first-order valence-corrected chi connectivity index (χ1v) is 14.0. The van der Waals surface area contributed by atoms with E-state index in [-0.39, 0.29) is 43.3 Å². The average molecular weight is 563 g/mol. The largest absolute Gasteiger partial charge is 0.475 e. The Morgan fingerprint density at radius 2 is 1.93 bits per heavy atom. The van der Waals surface area contributed by atoms with Gasteiger partial charge in [0.05, 0.1) is 18.6 Å². The van der Waals surface area contributed by atoms with Crippen molar-refractivity contribution in [3.63, 3.8) is 0 Å². The lowest BCUT2D eigenvalue weighted by atomic mass is 9.76. The third kappa shape index (κ3) is 10.3. The molecule has 3 amide bonds. The van der Waals surface area contributed by atoms with Crippen molar-refractivity contribution in [3.8, 4) is 6.07 Å². The molecule has 40 heavy (non-hydrogen) atoms. The molecular formula is C28H44BF2N5O4. The van der Waals surface area contributed by atoms with E-state index in [0.29, 0.717) is 19.6 Å². The number of nitrogens with zero attached hydrogens (tertiary/aromatic N) is 4. The van der Waals surface area contributed by atoms with Crippen molar-refractivity contribution < 1.29 is 28.4 Å². The number of rotatable bonds is 9. The van der Waals surface area contributed by atoms with E-state index in [9.17, 15) is 28.4 Å². The first-order chi connectivity index (χ1) is 18.8. The number of nitriles is 1. The lowest BCUT2D eigenvalue weighted by Crippen LogP contribution is -2.55. The Kier molecular flexibility index (Phi) is 12.8. The Labute approximate surface area is 237 Å². The second-order valence-electron chi connectivity index (χ2n) is 11.3. The molecule has 1 aromatic rings. The van der Waals surface area contributed by atoms with E-state index in [1.54, 1.807) is 11.9 Å². The van der Waals surface area contributed by atoms with Crippen molar-refractivity contribution in [3.05, 3.63) is 35.9 Å². The van der Waals surface area contributed by atoms with Crippen LogP contribution in [0.15, 0.2) is 30.3 Å². The maximum absolute atomic E-state index is 12.8. The quantitative estimate of drug-likeness (QED) is 0.398. The lowest BCUT2D eigenvalue weighted by molar-refractivity contribution is -0.134. The predicted molar refractivity (Wildman–Crippen MR) is 150 cm³/mol. The van der Waals surface area contributed by atoms with Gasteiger partial charge in [-0.2, -0.15) is 5.26 Å². The fraction of sp³-hybridized carbons (Fsp3) is 0.679. The molecule has 2 aliphatic heterocycles. The molecule has 1 aromatic carbocycles. The molecule has 9 nitrogen and oxygen atoms in total. The molecule has 0 saturated carbocycles. The van der Waals surface area contributed by atoms with Crippen molar-refractivity contribution >= 4 is 19.1 Å². The molecule has 2 atom stereocenters. The highest BCUT2D eigenvalue weighted by Gasteiger charge is 2.42. The molecule has 222 valence electrons. The van der Waals surface area contributed by atoms with Crippen LogP contribution in [0.1, 0.15) is 64.9 Å². The van der Waals surface area contributed by atoms with Gasteiger partial charge in [0.2, 0.25) is 5.91 Å². The SMILES string of the molecule is CCC(C)(C)N1CCC(F)(F)C1.CN(CC1CCCCN1C(=O)CC#N)C(=O)NC(Cc1ccccc1)B(O)O. The minimum atomic E-state index is -2.45. The van der Waals surface area contributed by atoms with Gasteiger partial charge in [0.15, 0.2) is 0 Å². The number of halogens is 2. The summed E-state index contributed by atoms with van der Waals surface area (Å²) in [5.41, 5.74) is 0.809. The smallest absolute Gasteiger partial charge is 0.426 e. The summed E-state index contributed by atoms with van der Waals surface area (Å²) < 4.78 is 25.6. The van der Waals surface area contributed by atoms with E-state index in [1.165, 1.54) is 4.90 Å². The minimum Gasteiger partial charge on any atom is -0.426 e. The molecule has 12 heteroatoms. The van der Waals surface area contributed by atoms with E-state index in [0.717, 1.165) is 31.2 Å². The lowest BCUT2D eigenvalue weighted by Gasteiger charge is -2.37. The third-order valence-corrected chi connectivity index (χ3v) is 7.87. The number of hydrogen-bond donors (Lipinski definition) is 3. The Hall–Kier alpha value is -2.75. The van der Waals surface area contributed by atoms with E-state index >= 15 is 0 Å². The third-order valence-electron chi connectivity index (χ3n) is 7.87.